The number of nitro groups is 1. The largest absolute Gasteiger partial charge is 0.355 e. The number of hydrazine groups is 1. The summed E-state index contributed by atoms with van der Waals surface area (Å²) in [5, 5.41) is 29.2. The van der Waals surface area contributed by atoms with Gasteiger partial charge in [-0.2, -0.15) is 10.5 Å². The molecule has 0 aromatic carbocycles. The maximum Gasteiger partial charge on any atom is 0.355 e. The number of hydrogen-bond donors (Lipinski definition) is 2. The van der Waals surface area contributed by atoms with Gasteiger partial charge in [0.2, 0.25) is 11.6 Å². The molecule has 28 heavy (non-hydrogen) atoms. The van der Waals surface area contributed by atoms with Crippen molar-refractivity contribution in [2.45, 2.75) is 12.8 Å². The van der Waals surface area contributed by atoms with Crippen LogP contribution in [0.3, 0.4) is 0 Å². The SMILES string of the molecule is N#CCCN(CCC#N)c1ncnc(NNC(=O)c2ccccn2)c1[N+](=O)[O-]. The average molecular weight is 381 g/mol. The molecule has 0 radical (unpaired) electrons. The molecule has 0 unspecified atom stereocenters. The van der Waals surface area contributed by atoms with Crippen molar-refractivity contribution in [1.29, 1.82) is 10.5 Å². The van der Waals surface area contributed by atoms with Gasteiger partial charge < -0.3 is 4.90 Å². The van der Waals surface area contributed by atoms with E-state index in [1.807, 2.05) is 12.1 Å². The Kier molecular flexibility index (Phi) is 7.13. The number of nitrogens with one attached hydrogen (secondary N) is 2. The molecule has 2 N–H and O–H groups in total. The molecule has 1 amide bonds. The van der Waals surface area contributed by atoms with Gasteiger partial charge in [-0.3, -0.25) is 30.7 Å². The molecule has 0 fully saturated rings. The monoisotopic (exact) mass is 381 g/mol. The van der Waals surface area contributed by atoms with Gasteiger partial charge in [0, 0.05) is 19.3 Å². The molecule has 2 heterocycles. The van der Waals surface area contributed by atoms with Crippen molar-refractivity contribution in [2.75, 3.05) is 23.4 Å². The molecule has 0 saturated carbocycles. The third-order valence-electron chi connectivity index (χ3n) is 3.46. The van der Waals surface area contributed by atoms with Gasteiger partial charge in [-0.05, 0) is 12.1 Å². The summed E-state index contributed by atoms with van der Waals surface area (Å²) in [6.07, 6.45) is 2.70. The number of pyridine rings is 1. The number of nitrogens with zero attached hydrogens (tertiary/aromatic N) is 7. The van der Waals surface area contributed by atoms with Crippen LogP contribution < -0.4 is 15.8 Å². The van der Waals surface area contributed by atoms with Gasteiger partial charge in [0.25, 0.3) is 5.91 Å². The zero-order chi connectivity index (χ0) is 20.4. The minimum Gasteiger partial charge on any atom is -0.349 e. The van der Waals surface area contributed by atoms with Crippen LogP contribution in [0.2, 0.25) is 0 Å². The zero-order valence-electron chi connectivity index (χ0n) is 14.6. The molecule has 2 aromatic rings. The maximum absolute atomic E-state index is 12.1. The van der Waals surface area contributed by atoms with Crippen LogP contribution in [0.25, 0.3) is 0 Å². The van der Waals surface area contributed by atoms with Crippen molar-refractivity contribution < 1.29 is 9.72 Å². The summed E-state index contributed by atoms with van der Waals surface area (Å²) in [6, 6.07) is 8.63. The lowest BCUT2D eigenvalue weighted by atomic mass is 10.3. The number of aromatic nitrogens is 3. The quantitative estimate of drug-likeness (QED) is 0.474. The predicted molar refractivity (Wildman–Crippen MR) is 96.7 cm³/mol. The third kappa shape index (κ3) is 5.09. The second-order valence-corrected chi connectivity index (χ2v) is 5.25. The average Bonchev–Trinajstić information content (AvgIpc) is 2.72. The van der Waals surface area contributed by atoms with Crippen LogP contribution in [0.15, 0.2) is 30.7 Å². The summed E-state index contributed by atoms with van der Waals surface area (Å²) in [5.41, 5.74) is 4.33. The summed E-state index contributed by atoms with van der Waals surface area (Å²) in [5.74, 6) is -0.904. The zero-order valence-corrected chi connectivity index (χ0v) is 14.6. The molecule has 0 bridgehead atoms. The molecule has 0 spiro atoms. The fourth-order valence-electron chi connectivity index (χ4n) is 2.23. The van der Waals surface area contributed by atoms with Crippen molar-refractivity contribution >= 4 is 23.2 Å². The van der Waals surface area contributed by atoms with E-state index in [2.05, 4.69) is 25.8 Å². The highest BCUT2D eigenvalue weighted by Crippen LogP contribution is 2.31. The molecule has 142 valence electrons. The van der Waals surface area contributed by atoms with Crippen molar-refractivity contribution in [3.8, 4) is 12.1 Å². The van der Waals surface area contributed by atoms with Crippen LogP contribution in [0.5, 0.6) is 0 Å². The first-order chi connectivity index (χ1) is 13.6. The third-order valence-corrected chi connectivity index (χ3v) is 3.46. The number of carbonyl (C=O) groups is 1. The van der Waals surface area contributed by atoms with E-state index in [0.717, 1.165) is 6.33 Å². The summed E-state index contributed by atoms with van der Waals surface area (Å²) < 4.78 is 0. The van der Waals surface area contributed by atoms with Gasteiger partial charge in [0.05, 0.1) is 29.9 Å². The Balaban J connectivity index is 2.28. The number of rotatable bonds is 9. The fourth-order valence-corrected chi connectivity index (χ4v) is 2.23. The number of anilines is 2. The maximum atomic E-state index is 12.1. The van der Waals surface area contributed by atoms with Gasteiger partial charge in [0.1, 0.15) is 12.0 Å². The van der Waals surface area contributed by atoms with E-state index in [1.54, 1.807) is 12.1 Å². The fraction of sp³-hybridized carbons (Fsp3) is 0.250. The molecule has 0 aliphatic heterocycles. The molecule has 0 aliphatic rings. The first kappa shape index (κ1) is 20.0. The Bertz CT molecular complexity index is 903. The van der Waals surface area contributed by atoms with Gasteiger partial charge in [-0.1, -0.05) is 6.07 Å². The van der Waals surface area contributed by atoms with E-state index in [4.69, 9.17) is 10.5 Å². The van der Waals surface area contributed by atoms with Crippen LogP contribution >= 0.6 is 0 Å². The van der Waals surface area contributed by atoms with Crippen molar-refractivity contribution in [2.24, 2.45) is 0 Å². The number of nitriles is 2. The first-order valence-electron chi connectivity index (χ1n) is 8.04. The normalized spacial score (nSPS) is 9.64. The van der Waals surface area contributed by atoms with Crippen LogP contribution in [-0.4, -0.2) is 38.9 Å². The Morgan fingerprint density at radius 3 is 2.46 bits per heavy atom. The molecule has 12 heteroatoms. The Labute approximate surface area is 159 Å². The summed E-state index contributed by atoms with van der Waals surface area (Å²) >= 11 is 0. The molecule has 0 saturated heterocycles. The van der Waals surface area contributed by atoms with Gasteiger partial charge in [-0.15, -0.1) is 0 Å². The minimum atomic E-state index is -0.698. The van der Waals surface area contributed by atoms with Crippen molar-refractivity contribution in [3.05, 3.63) is 46.5 Å². The van der Waals surface area contributed by atoms with E-state index < -0.39 is 16.5 Å². The van der Waals surface area contributed by atoms with Gasteiger partial charge >= 0.3 is 5.69 Å². The van der Waals surface area contributed by atoms with E-state index in [9.17, 15) is 14.9 Å². The van der Waals surface area contributed by atoms with Crippen LogP contribution in [0.4, 0.5) is 17.3 Å². The Hall–Kier alpha value is -4.32. The molecule has 0 aliphatic carbocycles. The predicted octanol–water partition coefficient (Wildman–Crippen LogP) is 1.17. The summed E-state index contributed by atoms with van der Waals surface area (Å²) in [7, 11) is 0. The number of carbonyl (C=O) groups excluding carboxylic acids is 1. The van der Waals surface area contributed by atoms with Crippen LogP contribution in [-0.2, 0) is 0 Å². The van der Waals surface area contributed by atoms with E-state index in [-0.39, 0.29) is 43.3 Å². The van der Waals surface area contributed by atoms with Gasteiger partial charge in [0.15, 0.2) is 0 Å². The smallest absolute Gasteiger partial charge is 0.349 e. The Morgan fingerprint density at radius 1 is 1.18 bits per heavy atom. The number of amides is 1. The molecule has 2 rings (SSSR count). The van der Waals surface area contributed by atoms with Crippen molar-refractivity contribution in [3.63, 3.8) is 0 Å². The first-order valence-corrected chi connectivity index (χ1v) is 8.04. The van der Waals surface area contributed by atoms with E-state index in [0.29, 0.717) is 0 Å². The molecule has 0 atom stereocenters. The Morgan fingerprint density at radius 2 is 1.89 bits per heavy atom. The highest BCUT2D eigenvalue weighted by atomic mass is 16.6. The van der Waals surface area contributed by atoms with E-state index >= 15 is 0 Å². The van der Waals surface area contributed by atoms with Crippen molar-refractivity contribution in [1.82, 2.24) is 20.4 Å². The lowest BCUT2D eigenvalue weighted by molar-refractivity contribution is -0.383. The van der Waals surface area contributed by atoms with Gasteiger partial charge in [-0.25, -0.2) is 9.97 Å². The second kappa shape index (κ2) is 9.98. The van der Waals surface area contributed by atoms with Crippen LogP contribution in [0.1, 0.15) is 23.3 Å². The molecule has 2 aromatic heterocycles. The highest BCUT2D eigenvalue weighted by molar-refractivity contribution is 5.93. The topological polar surface area (TPSA) is 174 Å². The second-order valence-electron chi connectivity index (χ2n) is 5.25. The molecular formula is C16H15N9O3. The minimum absolute atomic E-state index is 0.0555. The molecular weight excluding hydrogens is 366 g/mol. The standard InChI is InChI=1S/C16H15N9O3/c17-6-3-9-24(10-4-7-18)15-13(25(27)28)14(20-11-21-15)22-23-16(26)12-5-1-2-8-19-12/h1-2,5,8,11H,3-4,9-10H2,(H,23,26)(H,20,21,22). The lowest BCUT2D eigenvalue weighted by Crippen LogP contribution is -2.32. The number of hydrogen-bond acceptors (Lipinski definition) is 10. The summed E-state index contributed by atoms with van der Waals surface area (Å²) in [6.45, 7) is 0.297. The summed E-state index contributed by atoms with van der Waals surface area (Å²) in [4.78, 5) is 36.1. The lowest BCUT2D eigenvalue weighted by Gasteiger charge is -2.21. The highest BCUT2D eigenvalue weighted by Gasteiger charge is 2.27. The van der Waals surface area contributed by atoms with Crippen LogP contribution in [0, 0.1) is 32.8 Å². The van der Waals surface area contributed by atoms with E-state index in [1.165, 1.54) is 17.2 Å². The molecule has 12 nitrogen and oxygen atoms in total.